The summed E-state index contributed by atoms with van der Waals surface area (Å²) >= 11 is 0. The average molecular weight is 228 g/mol. The highest BCUT2D eigenvalue weighted by Crippen LogP contribution is 2.36. The zero-order valence-electron chi connectivity index (χ0n) is 10.3. The third-order valence-electron chi connectivity index (χ3n) is 3.07. The van der Waals surface area contributed by atoms with Crippen molar-refractivity contribution in [1.29, 1.82) is 0 Å². The number of phenols is 2. The second-order valence-electron chi connectivity index (χ2n) is 4.42. The summed E-state index contributed by atoms with van der Waals surface area (Å²) in [6.07, 6.45) is 0. The fraction of sp³-hybridized carbons (Fsp3) is 0.200. The number of aryl methyl sites for hydroxylation is 3. The van der Waals surface area contributed by atoms with Crippen molar-refractivity contribution in [3.63, 3.8) is 0 Å². The maximum atomic E-state index is 10.1. The summed E-state index contributed by atoms with van der Waals surface area (Å²) in [4.78, 5) is 0. The Balaban J connectivity index is 2.69. The third kappa shape index (κ3) is 1.98. The van der Waals surface area contributed by atoms with Crippen molar-refractivity contribution in [2.45, 2.75) is 20.8 Å². The Morgan fingerprint density at radius 2 is 1.47 bits per heavy atom. The minimum atomic E-state index is 0.290. The summed E-state index contributed by atoms with van der Waals surface area (Å²) in [5, 5.41) is 19.7. The van der Waals surface area contributed by atoms with E-state index in [0.717, 1.165) is 27.8 Å². The van der Waals surface area contributed by atoms with Crippen LogP contribution in [-0.4, -0.2) is 10.2 Å². The van der Waals surface area contributed by atoms with E-state index in [1.807, 2.05) is 45.0 Å². The van der Waals surface area contributed by atoms with Gasteiger partial charge in [0.1, 0.15) is 11.5 Å². The van der Waals surface area contributed by atoms with Gasteiger partial charge in [-0.2, -0.15) is 0 Å². The van der Waals surface area contributed by atoms with Crippen molar-refractivity contribution in [2.75, 3.05) is 0 Å². The van der Waals surface area contributed by atoms with E-state index in [2.05, 4.69) is 0 Å². The Bertz CT molecular complexity index is 571. The van der Waals surface area contributed by atoms with E-state index < -0.39 is 0 Å². The molecule has 2 rings (SSSR count). The molecule has 0 amide bonds. The normalized spacial score (nSPS) is 10.5. The zero-order chi connectivity index (χ0) is 12.6. The van der Waals surface area contributed by atoms with Crippen molar-refractivity contribution in [1.82, 2.24) is 0 Å². The van der Waals surface area contributed by atoms with Gasteiger partial charge in [-0.1, -0.05) is 18.2 Å². The fourth-order valence-electron chi connectivity index (χ4n) is 1.97. The van der Waals surface area contributed by atoms with Gasteiger partial charge in [-0.05, 0) is 55.2 Å². The first kappa shape index (κ1) is 11.5. The zero-order valence-corrected chi connectivity index (χ0v) is 10.3. The number of aromatic hydroxyl groups is 2. The molecule has 0 atom stereocenters. The molecule has 0 fully saturated rings. The van der Waals surface area contributed by atoms with Crippen molar-refractivity contribution < 1.29 is 10.2 Å². The second-order valence-corrected chi connectivity index (χ2v) is 4.42. The van der Waals surface area contributed by atoms with Crippen LogP contribution >= 0.6 is 0 Å². The van der Waals surface area contributed by atoms with Crippen molar-refractivity contribution >= 4 is 0 Å². The summed E-state index contributed by atoms with van der Waals surface area (Å²) in [7, 11) is 0. The lowest BCUT2D eigenvalue weighted by Gasteiger charge is -2.12. The molecule has 0 saturated carbocycles. The van der Waals surface area contributed by atoms with E-state index in [-0.39, 0.29) is 0 Å². The van der Waals surface area contributed by atoms with E-state index in [1.54, 1.807) is 6.07 Å². The number of hydrogen-bond acceptors (Lipinski definition) is 2. The molecule has 2 aromatic rings. The molecule has 0 bridgehead atoms. The predicted molar refractivity (Wildman–Crippen MR) is 69.4 cm³/mol. The molecule has 88 valence electrons. The SMILES string of the molecule is Cc1cc(-c2cccc(C)c2O)c(C)cc1O. The van der Waals surface area contributed by atoms with Gasteiger partial charge in [-0.25, -0.2) is 0 Å². The van der Waals surface area contributed by atoms with Crippen LogP contribution in [0.3, 0.4) is 0 Å². The molecule has 2 N–H and O–H groups in total. The highest BCUT2D eigenvalue weighted by Gasteiger charge is 2.10. The van der Waals surface area contributed by atoms with E-state index in [4.69, 9.17) is 0 Å². The molecule has 0 radical (unpaired) electrons. The summed E-state index contributed by atoms with van der Waals surface area (Å²) in [5.41, 5.74) is 4.39. The van der Waals surface area contributed by atoms with Gasteiger partial charge in [-0.3, -0.25) is 0 Å². The van der Waals surface area contributed by atoms with Gasteiger partial charge >= 0.3 is 0 Å². The molecule has 2 heteroatoms. The quantitative estimate of drug-likeness (QED) is 0.781. The Morgan fingerprint density at radius 3 is 2.18 bits per heavy atom. The van der Waals surface area contributed by atoms with Crippen LogP contribution in [0.2, 0.25) is 0 Å². The molecular weight excluding hydrogens is 212 g/mol. The minimum absolute atomic E-state index is 0.290. The number of para-hydroxylation sites is 1. The molecule has 0 aliphatic carbocycles. The van der Waals surface area contributed by atoms with Gasteiger partial charge < -0.3 is 10.2 Å². The summed E-state index contributed by atoms with van der Waals surface area (Å²) in [6, 6.07) is 9.32. The van der Waals surface area contributed by atoms with Crippen LogP contribution < -0.4 is 0 Å². The fourth-order valence-corrected chi connectivity index (χ4v) is 1.97. The molecule has 0 spiro atoms. The highest BCUT2D eigenvalue weighted by atomic mass is 16.3. The maximum absolute atomic E-state index is 10.1. The van der Waals surface area contributed by atoms with E-state index in [1.165, 1.54) is 0 Å². The summed E-state index contributed by atoms with van der Waals surface area (Å²) in [5.74, 6) is 0.596. The van der Waals surface area contributed by atoms with Crippen molar-refractivity contribution in [3.05, 3.63) is 47.0 Å². The molecule has 0 heterocycles. The summed E-state index contributed by atoms with van der Waals surface area (Å²) < 4.78 is 0. The third-order valence-corrected chi connectivity index (χ3v) is 3.07. The van der Waals surface area contributed by atoms with Gasteiger partial charge in [-0.15, -0.1) is 0 Å². The predicted octanol–water partition coefficient (Wildman–Crippen LogP) is 3.69. The van der Waals surface area contributed by atoms with E-state index >= 15 is 0 Å². The minimum Gasteiger partial charge on any atom is -0.508 e. The first-order valence-corrected chi connectivity index (χ1v) is 5.60. The van der Waals surface area contributed by atoms with Crippen LogP contribution in [0.4, 0.5) is 0 Å². The monoisotopic (exact) mass is 228 g/mol. The lowest BCUT2D eigenvalue weighted by atomic mass is 9.96. The number of hydrogen-bond donors (Lipinski definition) is 2. The van der Waals surface area contributed by atoms with Gasteiger partial charge in [0.05, 0.1) is 0 Å². The first-order valence-electron chi connectivity index (χ1n) is 5.60. The number of rotatable bonds is 1. The van der Waals surface area contributed by atoms with Crippen LogP contribution in [0.5, 0.6) is 11.5 Å². The lowest BCUT2D eigenvalue weighted by molar-refractivity contribution is 0.469. The van der Waals surface area contributed by atoms with Crippen LogP contribution in [0, 0.1) is 20.8 Å². The van der Waals surface area contributed by atoms with Crippen LogP contribution in [0.15, 0.2) is 30.3 Å². The molecular formula is C15H16O2. The van der Waals surface area contributed by atoms with E-state index in [0.29, 0.717) is 11.5 Å². The second kappa shape index (κ2) is 4.13. The molecule has 2 nitrogen and oxygen atoms in total. The maximum Gasteiger partial charge on any atom is 0.126 e. The number of phenolic OH excluding ortho intramolecular Hbond substituents is 2. The Labute approximate surface area is 101 Å². The van der Waals surface area contributed by atoms with Crippen LogP contribution in [0.1, 0.15) is 16.7 Å². The standard InChI is InChI=1S/C15H16O2/c1-9-5-4-6-12(15(9)17)13-7-11(3)14(16)8-10(13)2/h4-8,16-17H,1-3H3. The molecule has 0 aromatic heterocycles. The lowest BCUT2D eigenvalue weighted by Crippen LogP contribution is -1.88. The van der Waals surface area contributed by atoms with Gasteiger partial charge in [0, 0.05) is 5.56 Å². The number of benzene rings is 2. The highest BCUT2D eigenvalue weighted by molar-refractivity contribution is 5.75. The average Bonchev–Trinajstić information content (AvgIpc) is 2.28. The van der Waals surface area contributed by atoms with Crippen LogP contribution in [0.25, 0.3) is 11.1 Å². The molecule has 0 aliphatic heterocycles. The van der Waals surface area contributed by atoms with Crippen molar-refractivity contribution in [2.24, 2.45) is 0 Å². The largest absolute Gasteiger partial charge is 0.508 e. The Morgan fingerprint density at radius 1 is 0.765 bits per heavy atom. The Kier molecular flexibility index (Phi) is 2.80. The molecule has 2 aromatic carbocycles. The molecule has 0 unspecified atom stereocenters. The molecule has 0 aliphatic rings. The van der Waals surface area contributed by atoms with Gasteiger partial charge in [0.15, 0.2) is 0 Å². The first-order chi connectivity index (χ1) is 8.00. The smallest absolute Gasteiger partial charge is 0.126 e. The summed E-state index contributed by atoms with van der Waals surface area (Å²) in [6.45, 7) is 5.66. The topological polar surface area (TPSA) is 40.5 Å². The van der Waals surface area contributed by atoms with E-state index in [9.17, 15) is 10.2 Å². The van der Waals surface area contributed by atoms with Gasteiger partial charge in [0.2, 0.25) is 0 Å². The van der Waals surface area contributed by atoms with Crippen LogP contribution in [-0.2, 0) is 0 Å². The van der Waals surface area contributed by atoms with Gasteiger partial charge in [0.25, 0.3) is 0 Å². The molecule has 0 saturated heterocycles. The Hall–Kier alpha value is -1.96. The van der Waals surface area contributed by atoms with Crippen molar-refractivity contribution in [3.8, 4) is 22.6 Å². The molecule has 17 heavy (non-hydrogen) atoms.